The van der Waals surface area contributed by atoms with Crippen molar-refractivity contribution in [1.29, 1.82) is 0 Å². The molecule has 4 aromatic rings. The van der Waals surface area contributed by atoms with Gasteiger partial charge in [-0.1, -0.05) is 60.5 Å². The van der Waals surface area contributed by atoms with Crippen LogP contribution >= 0.6 is 11.6 Å². The van der Waals surface area contributed by atoms with Crippen LogP contribution in [0.4, 0.5) is 0 Å². The molecule has 0 unspecified atom stereocenters. The second kappa shape index (κ2) is 9.01. The Hall–Kier alpha value is -2.98. The molecule has 0 aliphatic carbocycles. The number of ketones is 1. The molecule has 2 heterocycles. The van der Waals surface area contributed by atoms with Crippen molar-refractivity contribution < 1.29 is 9.21 Å². The van der Waals surface area contributed by atoms with Gasteiger partial charge in [-0.3, -0.25) is 4.79 Å². The quantitative estimate of drug-likeness (QED) is 0.247. The molecule has 4 nitrogen and oxygen atoms in total. The average molecular weight is 405 g/mol. The summed E-state index contributed by atoms with van der Waals surface area (Å²) in [4.78, 5) is 21.0. The van der Waals surface area contributed by atoms with E-state index in [0.29, 0.717) is 22.7 Å². The number of benzene rings is 2. The molecule has 146 valence electrons. The van der Waals surface area contributed by atoms with E-state index in [9.17, 15) is 4.79 Å². The van der Waals surface area contributed by atoms with Crippen molar-refractivity contribution >= 4 is 28.6 Å². The molecule has 0 saturated carbocycles. The highest BCUT2D eigenvalue weighted by Crippen LogP contribution is 2.25. The van der Waals surface area contributed by atoms with Gasteiger partial charge in [0.2, 0.25) is 5.78 Å². The zero-order valence-corrected chi connectivity index (χ0v) is 16.7. The fraction of sp³-hybridized carbons (Fsp3) is 0.208. The van der Waals surface area contributed by atoms with Gasteiger partial charge < -0.3 is 4.42 Å². The van der Waals surface area contributed by atoms with Gasteiger partial charge in [0.05, 0.1) is 0 Å². The highest BCUT2D eigenvalue weighted by atomic mass is 35.5. The molecule has 0 radical (unpaired) electrons. The van der Waals surface area contributed by atoms with E-state index in [-0.39, 0.29) is 11.7 Å². The Bertz CT molecular complexity index is 1120. The summed E-state index contributed by atoms with van der Waals surface area (Å²) in [6.45, 7) is 0. The van der Waals surface area contributed by atoms with Gasteiger partial charge in [0.1, 0.15) is 0 Å². The average Bonchev–Trinajstić information content (AvgIpc) is 3.18. The van der Waals surface area contributed by atoms with Crippen molar-refractivity contribution in [2.75, 3.05) is 0 Å². The van der Waals surface area contributed by atoms with Crippen molar-refractivity contribution in [3.8, 4) is 11.1 Å². The largest absolute Gasteiger partial charge is 0.432 e. The van der Waals surface area contributed by atoms with Crippen LogP contribution in [0.2, 0.25) is 5.02 Å². The Morgan fingerprint density at radius 1 is 0.931 bits per heavy atom. The minimum absolute atomic E-state index is 0.0768. The SMILES string of the molecule is O=C(CCCCCc1ccccc1)c1nc2ncc(-c3cccc(Cl)c3)cc2o1. The molecule has 2 aromatic heterocycles. The van der Waals surface area contributed by atoms with E-state index in [4.69, 9.17) is 16.0 Å². The van der Waals surface area contributed by atoms with Crippen LogP contribution in [0.1, 0.15) is 41.9 Å². The van der Waals surface area contributed by atoms with Gasteiger partial charge in [-0.05, 0) is 48.6 Å². The predicted molar refractivity (Wildman–Crippen MR) is 115 cm³/mol. The van der Waals surface area contributed by atoms with Crippen LogP contribution in [0.25, 0.3) is 22.4 Å². The third kappa shape index (κ3) is 4.90. The summed E-state index contributed by atoms with van der Waals surface area (Å²) in [5.74, 6) is 0.0609. The molecule has 0 aliphatic heterocycles. The molecule has 0 bridgehead atoms. The molecule has 0 spiro atoms. The zero-order chi connectivity index (χ0) is 20.1. The van der Waals surface area contributed by atoms with Crippen molar-refractivity contribution in [3.05, 3.63) is 83.3 Å². The van der Waals surface area contributed by atoms with Crippen molar-refractivity contribution in [2.24, 2.45) is 0 Å². The molecule has 4 rings (SSSR count). The molecule has 29 heavy (non-hydrogen) atoms. The minimum Gasteiger partial charge on any atom is -0.432 e. The third-order valence-electron chi connectivity index (χ3n) is 4.86. The molecule has 0 aliphatic rings. The smallest absolute Gasteiger partial charge is 0.265 e. The second-order valence-electron chi connectivity index (χ2n) is 7.04. The van der Waals surface area contributed by atoms with Crippen LogP contribution in [0.5, 0.6) is 0 Å². The topological polar surface area (TPSA) is 56.0 Å². The number of rotatable bonds is 8. The van der Waals surface area contributed by atoms with E-state index in [1.54, 1.807) is 6.20 Å². The number of carbonyl (C=O) groups is 1. The lowest BCUT2D eigenvalue weighted by Crippen LogP contribution is -1.99. The number of carbonyl (C=O) groups excluding carboxylic acids is 1. The number of oxazole rings is 1. The molecule has 0 fully saturated rings. The summed E-state index contributed by atoms with van der Waals surface area (Å²) in [5.41, 5.74) is 4.10. The number of hydrogen-bond donors (Lipinski definition) is 0. The summed E-state index contributed by atoms with van der Waals surface area (Å²) in [5, 5.41) is 0.656. The number of fused-ring (bicyclic) bond motifs is 1. The Morgan fingerprint density at radius 2 is 1.79 bits per heavy atom. The van der Waals surface area contributed by atoms with Gasteiger partial charge in [0, 0.05) is 23.2 Å². The Kier molecular flexibility index (Phi) is 6.01. The van der Waals surface area contributed by atoms with E-state index in [1.165, 1.54) is 5.56 Å². The molecule has 0 amide bonds. The summed E-state index contributed by atoms with van der Waals surface area (Å²) >= 11 is 6.06. The lowest BCUT2D eigenvalue weighted by Gasteiger charge is -2.01. The van der Waals surface area contributed by atoms with E-state index in [2.05, 4.69) is 34.2 Å². The fourth-order valence-corrected chi connectivity index (χ4v) is 3.50. The normalized spacial score (nSPS) is 11.1. The number of Topliss-reactive ketones (excluding diaryl/α,β-unsaturated/α-hetero) is 1. The van der Waals surface area contributed by atoms with Gasteiger partial charge >= 0.3 is 0 Å². The first kappa shape index (κ1) is 19.3. The number of pyridine rings is 1. The third-order valence-corrected chi connectivity index (χ3v) is 5.09. The van der Waals surface area contributed by atoms with Crippen LogP contribution in [-0.2, 0) is 6.42 Å². The number of aryl methyl sites for hydroxylation is 1. The summed E-state index contributed by atoms with van der Waals surface area (Å²) in [6, 6.07) is 19.8. The Balaban J connectivity index is 1.35. The minimum atomic E-state index is -0.0768. The van der Waals surface area contributed by atoms with Gasteiger partial charge in [-0.2, -0.15) is 4.98 Å². The van der Waals surface area contributed by atoms with Crippen molar-refractivity contribution in [1.82, 2.24) is 9.97 Å². The van der Waals surface area contributed by atoms with E-state index in [1.807, 2.05) is 36.4 Å². The van der Waals surface area contributed by atoms with Crippen LogP contribution in [-0.4, -0.2) is 15.8 Å². The maximum Gasteiger partial charge on any atom is 0.265 e. The van der Waals surface area contributed by atoms with Crippen molar-refractivity contribution in [3.63, 3.8) is 0 Å². The molecular formula is C24H21ClN2O2. The van der Waals surface area contributed by atoms with Gasteiger partial charge in [-0.25, -0.2) is 4.98 Å². The van der Waals surface area contributed by atoms with Gasteiger partial charge in [0.25, 0.3) is 5.89 Å². The van der Waals surface area contributed by atoms with E-state index < -0.39 is 0 Å². The first-order valence-corrected chi connectivity index (χ1v) is 10.2. The number of halogens is 1. The fourth-order valence-electron chi connectivity index (χ4n) is 3.31. The predicted octanol–water partition coefficient (Wildman–Crippen LogP) is 6.53. The lowest BCUT2D eigenvalue weighted by atomic mass is 10.1. The van der Waals surface area contributed by atoms with E-state index in [0.717, 1.165) is 36.8 Å². The van der Waals surface area contributed by atoms with Crippen LogP contribution < -0.4 is 0 Å². The monoisotopic (exact) mass is 404 g/mol. The van der Waals surface area contributed by atoms with Crippen LogP contribution in [0, 0.1) is 0 Å². The maximum absolute atomic E-state index is 12.4. The summed E-state index contributed by atoms with van der Waals surface area (Å²) in [7, 11) is 0. The Morgan fingerprint density at radius 3 is 2.62 bits per heavy atom. The van der Waals surface area contributed by atoms with E-state index >= 15 is 0 Å². The molecule has 5 heteroatoms. The first-order chi connectivity index (χ1) is 14.2. The zero-order valence-electron chi connectivity index (χ0n) is 16.0. The highest BCUT2D eigenvalue weighted by molar-refractivity contribution is 6.30. The van der Waals surface area contributed by atoms with Gasteiger partial charge in [-0.15, -0.1) is 0 Å². The number of aromatic nitrogens is 2. The lowest BCUT2D eigenvalue weighted by molar-refractivity contribution is 0.0947. The van der Waals surface area contributed by atoms with Crippen LogP contribution in [0.3, 0.4) is 0 Å². The first-order valence-electron chi connectivity index (χ1n) is 9.79. The highest BCUT2D eigenvalue weighted by Gasteiger charge is 2.15. The molecule has 0 N–H and O–H groups in total. The van der Waals surface area contributed by atoms with Crippen molar-refractivity contribution in [2.45, 2.75) is 32.1 Å². The summed E-state index contributed by atoms with van der Waals surface area (Å²) < 4.78 is 5.69. The number of nitrogens with zero attached hydrogens (tertiary/aromatic N) is 2. The molecule has 0 atom stereocenters. The van der Waals surface area contributed by atoms with Crippen LogP contribution in [0.15, 0.2) is 71.3 Å². The number of hydrogen-bond acceptors (Lipinski definition) is 4. The standard InChI is InChI=1S/C24H21ClN2O2/c25-20-12-7-11-18(14-20)19-15-22-23(26-16-19)27-24(29-22)21(28)13-6-2-5-10-17-8-3-1-4-9-17/h1,3-4,7-9,11-12,14-16H,2,5-6,10,13H2. The van der Waals surface area contributed by atoms with Gasteiger partial charge in [0.15, 0.2) is 11.2 Å². The summed E-state index contributed by atoms with van der Waals surface area (Å²) in [6.07, 6.45) is 6.07. The molecule has 0 saturated heterocycles. The Labute approximate surface area is 174 Å². The molecule has 2 aromatic carbocycles. The number of unbranched alkanes of at least 4 members (excludes halogenated alkanes) is 2. The second-order valence-corrected chi connectivity index (χ2v) is 7.48. The maximum atomic E-state index is 12.4. The molecular weight excluding hydrogens is 384 g/mol.